The molecule has 7 heteroatoms. The van der Waals surface area contributed by atoms with Gasteiger partial charge in [0.1, 0.15) is 16.5 Å². The first kappa shape index (κ1) is 15.1. The number of anilines is 1. The molecule has 0 spiro atoms. The van der Waals surface area contributed by atoms with Crippen LogP contribution in [0, 0.1) is 0 Å². The van der Waals surface area contributed by atoms with E-state index in [0.717, 1.165) is 4.70 Å². The molecule has 0 fully saturated rings. The first-order valence-electron chi connectivity index (χ1n) is 6.90. The topological polar surface area (TPSA) is 75.2 Å². The molecule has 116 valence electrons. The summed E-state index contributed by atoms with van der Waals surface area (Å²) in [7, 11) is 3.30. The Kier molecular flexibility index (Phi) is 4.03. The van der Waals surface area contributed by atoms with Crippen molar-refractivity contribution in [3.63, 3.8) is 0 Å². The average molecular weight is 326 g/mol. The first-order chi connectivity index (χ1) is 11.0. The van der Waals surface area contributed by atoms with E-state index in [4.69, 9.17) is 0 Å². The van der Waals surface area contributed by atoms with Gasteiger partial charge in [0.05, 0.1) is 5.39 Å². The van der Waals surface area contributed by atoms with Gasteiger partial charge in [-0.1, -0.05) is 18.2 Å². The number of hydrogen-bond donors (Lipinski definition) is 1. The molecule has 2 amide bonds. The van der Waals surface area contributed by atoms with Crippen molar-refractivity contribution >= 4 is 33.3 Å². The van der Waals surface area contributed by atoms with Crippen LogP contribution in [0.25, 0.3) is 20.8 Å². The predicted molar refractivity (Wildman–Crippen MR) is 91.8 cm³/mol. The zero-order valence-corrected chi connectivity index (χ0v) is 13.4. The number of amides is 2. The highest BCUT2D eigenvalue weighted by molar-refractivity contribution is 7.21. The third kappa shape index (κ3) is 3.19. The van der Waals surface area contributed by atoms with Crippen molar-refractivity contribution in [2.45, 2.75) is 0 Å². The van der Waals surface area contributed by atoms with Gasteiger partial charge < -0.3 is 4.90 Å². The maximum atomic E-state index is 12.1. The van der Waals surface area contributed by atoms with Crippen molar-refractivity contribution in [1.82, 2.24) is 14.9 Å². The fourth-order valence-electron chi connectivity index (χ4n) is 1.97. The fourth-order valence-corrected chi connectivity index (χ4v) is 2.93. The third-order valence-electron chi connectivity index (χ3n) is 3.14. The van der Waals surface area contributed by atoms with Gasteiger partial charge in [-0.3, -0.25) is 10.1 Å². The zero-order valence-electron chi connectivity index (χ0n) is 12.6. The van der Waals surface area contributed by atoms with E-state index < -0.39 is 0 Å². The quantitative estimate of drug-likeness (QED) is 0.786. The van der Waals surface area contributed by atoms with Crippen LogP contribution < -0.4 is 10.9 Å². The Labute approximate surface area is 136 Å². The average Bonchev–Trinajstić information content (AvgIpc) is 2.55. The Morgan fingerprint density at radius 1 is 1.09 bits per heavy atom. The lowest BCUT2D eigenvalue weighted by Crippen LogP contribution is -2.27. The number of pyridine rings is 1. The second kappa shape index (κ2) is 6.13. The van der Waals surface area contributed by atoms with Crippen molar-refractivity contribution in [2.75, 3.05) is 19.4 Å². The van der Waals surface area contributed by atoms with E-state index >= 15 is 0 Å². The predicted octanol–water partition coefficient (Wildman–Crippen LogP) is 2.81. The third-order valence-corrected chi connectivity index (χ3v) is 4.21. The normalized spacial score (nSPS) is 10.5. The monoisotopic (exact) mass is 326 g/mol. The molecule has 0 saturated heterocycles. The van der Waals surface area contributed by atoms with Gasteiger partial charge >= 0.3 is 6.03 Å². The van der Waals surface area contributed by atoms with E-state index in [-0.39, 0.29) is 11.6 Å². The maximum Gasteiger partial charge on any atom is 0.322 e. The molecule has 0 aliphatic heterocycles. The van der Waals surface area contributed by atoms with Gasteiger partial charge in [-0.15, -0.1) is 11.3 Å². The first-order valence-corrected chi connectivity index (χ1v) is 7.72. The summed E-state index contributed by atoms with van der Waals surface area (Å²) in [6, 6.07) is 12.3. The number of carbonyl (C=O) groups excluding carboxylic acids is 1. The number of carbonyl (C=O) groups is 1. The number of nitrogens with one attached hydrogen (secondary N) is 1. The van der Waals surface area contributed by atoms with Gasteiger partial charge in [0.25, 0.3) is 5.56 Å². The minimum Gasteiger partial charge on any atom is -0.331 e. The molecule has 0 saturated carbocycles. The molecule has 3 rings (SSSR count). The van der Waals surface area contributed by atoms with Crippen LogP contribution in [0.3, 0.4) is 0 Å². The molecule has 1 aromatic carbocycles. The van der Waals surface area contributed by atoms with Gasteiger partial charge in [0.2, 0.25) is 0 Å². The Bertz CT molecular complexity index is 937. The summed E-state index contributed by atoms with van der Waals surface area (Å²) in [6.45, 7) is 0. The van der Waals surface area contributed by atoms with Crippen LogP contribution in [0.15, 0.2) is 47.3 Å². The summed E-state index contributed by atoms with van der Waals surface area (Å²) >= 11 is 1.39. The molecule has 0 bridgehead atoms. The van der Waals surface area contributed by atoms with Gasteiger partial charge in [-0.25, -0.2) is 9.78 Å². The summed E-state index contributed by atoms with van der Waals surface area (Å²) in [5, 5.41) is 3.80. The van der Waals surface area contributed by atoms with Gasteiger partial charge in [0.15, 0.2) is 0 Å². The van der Waals surface area contributed by atoms with E-state index in [2.05, 4.69) is 15.3 Å². The Hall–Kier alpha value is -2.80. The van der Waals surface area contributed by atoms with Gasteiger partial charge in [0, 0.05) is 18.8 Å². The molecule has 6 nitrogen and oxygen atoms in total. The largest absolute Gasteiger partial charge is 0.331 e. The van der Waals surface area contributed by atoms with Crippen molar-refractivity contribution in [1.29, 1.82) is 0 Å². The highest BCUT2D eigenvalue weighted by Gasteiger charge is 2.10. The SMILES string of the molecule is CN(C)C(=O)Nc1cccc(-c2nc(=O)c3ccccc3s2)n1. The summed E-state index contributed by atoms with van der Waals surface area (Å²) in [4.78, 5) is 33.7. The molecule has 0 atom stereocenters. The maximum absolute atomic E-state index is 12.1. The zero-order chi connectivity index (χ0) is 16.4. The van der Waals surface area contributed by atoms with Crippen LogP contribution in [-0.4, -0.2) is 35.0 Å². The van der Waals surface area contributed by atoms with E-state index in [0.29, 0.717) is 21.9 Å². The van der Waals surface area contributed by atoms with E-state index in [1.165, 1.54) is 16.2 Å². The molecule has 0 aliphatic carbocycles. The minimum atomic E-state index is -0.279. The number of aromatic nitrogens is 2. The Balaban J connectivity index is 2.02. The lowest BCUT2D eigenvalue weighted by atomic mass is 10.3. The van der Waals surface area contributed by atoms with Gasteiger partial charge in [-0.05, 0) is 24.3 Å². The van der Waals surface area contributed by atoms with E-state index in [9.17, 15) is 9.59 Å². The van der Waals surface area contributed by atoms with Crippen LogP contribution in [0.4, 0.5) is 10.6 Å². The van der Waals surface area contributed by atoms with Crippen molar-refractivity contribution in [2.24, 2.45) is 0 Å². The summed E-state index contributed by atoms with van der Waals surface area (Å²) in [5.41, 5.74) is 0.272. The standard InChI is InChI=1S/C16H14N4O2S/c1-20(2)16(22)18-13-9-5-7-11(17-13)15-19-14(21)10-6-3-4-8-12(10)23-15/h3-9H,1-2H3,(H,17,18,22). The molecule has 0 radical (unpaired) electrons. The van der Waals surface area contributed by atoms with Gasteiger partial charge in [-0.2, -0.15) is 4.98 Å². The van der Waals surface area contributed by atoms with Crippen LogP contribution in [0.2, 0.25) is 0 Å². The number of hydrogen-bond acceptors (Lipinski definition) is 5. The lowest BCUT2D eigenvalue weighted by molar-refractivity contribution is 0.230. The second-order valence-electron chi connectivity index (χ2n) is 5.05. The number of nitrogens with zero attached hydrogens (tertiary/aromatic N) is 3. The molecule has 2 aromatic heterocycles. The number of rotatable bonds is 2. The Morgan fingerprint density at radius 3 is 2.65 bits per heavy atom. The molecule has 3 aromatic rings. The van der Waals surface area contributed by atoms with Crippen LogP contribution in [-0.2, 0) is 0 Å². The summed E-state index contributed by atoms with van der Waals surface area (Å²) < 4.78 is 0.854. The molecule has 1 N–H and O–H groups in total. The number of fused-ring (bicyclic) bond motifs is 1. The summed E-state index contributed by atoms with van der Waals surface area (Å²) in [5.74, 6) is 0.413. The van der Waals surface area contributed by atoms with Crippen molar-refractivity contribution in [3.8, 4) is 10.7 Å². The lowest BCUT2D eigenvalue weighted by Gasteiger charge is -2.11. The van der Waals surface area contributed by atoms with Crippen LogP contribution in [0.1, 0.15) is 0 Å². The van der Waals surface area contributed by atoms with Crippen molar-refractivity contribution < 1.29 is 4.79 Å². The molecule has 2 heterocycles. The highest BCUT2D eigenvalue weighted by Crippen LogP contribution is 2.25. The molecular weight excluding hydrogens is 312 g/mol. The minimum absolute atomic E-state index is 0.269. The van der Waals surface area contributed by atoms with Crippen molar-refractivity contribution in [3.05, 3.63) is 52.8 Å². The molecule has 0 aliphatic rings. The Morgan fingerprint density at radius 2 is 1.87 bits per heavy atom. The number of urea groups is 1. The highest BCUT2D eigenvalue weighted by atomic mass is 32.1. The number of benzene rings is 1. The smallest absolute Gasteiger partial charge is 0.322 e. The second-order valence-corrected chi connectivity index (χ2v) is 6.08. The fraction of sp³-hybridized carbons (Fsp3) is 0.125. The molecular formula is C16H14N4O2S. The van der Waals surface area contributed by atoms with Crippen LogP contribution >= 0.6 is 11.3 Å². The van der Waals surface area contributed by atoms with E-state index in [1.807, 2.05) is 18.2 Å². The molecule has 23 heavy (non-hydrogen) atoms. The van der Waals surface area contributed by atoms with E-state index in [1.54, 1.807) is 38.4 Å². The van der Waals surface area contributed by atoms with Crippen LogP contribution in [0.5, 0.6) is 0 Å². The summed E-state index contributed by atoms with van der Waals surface area (Å²) in [6.07, 6.45) is 0. The molecule has 0 unspecified atom stereocenters.